The zero-order valence-electron chi connectivity index (χ0n) is 10.4. The smallest absolute Gasteiger partial charge is 0.253 e. The van der Waals surface area contributed by atoms with Crippen LogP contribution in [0.25, 0.3) is 0 Å². The number of rotatable bonds is 5. The minimum Gasteiger partial charge on any atom is -0.508 e. The Balaban J connectivity index is 1.82. The average Bonchev–Trinajstić information content (AvgIpc) is 2.90. The largest absolute Gasteiger partial charge is 0.508 e. The number of hydrogen-bond acceptors (Lipinski definition) is 4. The van der Waals surface area contributed by atoms with Crippen LogP contribution < -0.4 is 11.1 Å². The van der Waals surface area contributed by atoms with Gasteiger partial charge in [-0.1, -0.05) is 0 Å². The molecule has 0 radical (unpaired) electrons. The molecule has 6 nitrogen and oxygen atoms in total. The fraction of sp³-hybridized carbons (Fsp3) is 0.231. The van der Waals surface area contributed by atoms with Gasteiger partial charge in [-0.2, -0.15) is 0 Å². The number of carbonyl (C=O) groups is 1. The highest BCUT2D eigenvalue weighted by Gasteiger charge is 2.09. The highest BCUT2D eigenvalue weighted by atomic mass is 16.3. The first-order valence-corrected chi connectivity index (χ1v) is 5.99. The maximum Gasteiger partial charge on any atom is 0.253 e. The van der Waals surface area contributed by atoms with Gasteiger partial charge < -0.3 is 20.7 Å². The van der Waals surface area contributed by atoms with Crippen LogP contribution in [0.4, 0.5) is 5.69 Å². The van der Waals surface area contributed by atoms with Crippen molar-refractivity contribution in [3.05, 3.63) is 42.5 Å². The lowest BCUT2D eigenvalue weighted by atomic mass is 10.1. The summed E-state index contributed by atoms with van der Waals surface area (Å²) in [6, 6.07) is 4.32. The van der Waals surface area contributed by atoms with Gasteiger partial charge in [-0.25, -0.2) is 4.98 Å². The lowest BCUT2D eigenvalue weighted by Gasteiger charge is -2.08. The van der Waals surface area contributed by atoms with Gasteiger partial charge in [0.1, 0.15) is 5.75 Å². The number of nitrogen functional groups attached to an aromatic ring is 1. The predicted molar refractivity (Wildman–Crippen MR) is 71.7 cm³/mol. The number of aromatic nitrogens is 2. The number of amides is 1. The van der Waals surface area contributed by atoms with Crippen LogP contribution in [0.2, 0.25) is 0 Å². The summed E-state index contributed by atoms with van der Waals surface area (Å²) in [5.41, 5.74) is 6.33. The summed E-state index contributed by atoms with van der Waals surface area (Å²) in [5.74, 6) is -0.253. The molecule has 1 heterocycles. The summed E-state index contributed by atoms with van der Waals surface area (Å²) in [7, 11) is 0. The Morgan fingerprint density at radius 2 is 2.32 bits per heavy atom. The molecule has 1 aromatic heterocycles. The highest BCUT2D eigenvalue weighted by molar-refractivity contribution is 5.99. The molecule has 1 aromatic carbocycles. The number of nitrogens with one attached hydrogen (secondary N) is 1. The van der Waals surface area contributed by atoms with Crippen LogP contribution in [0, 0.1) is 0 Å². The number of anilines is 1. The van der Waals surface area contributed by atoms with Crippen molar-refractivity contribution in [2.75, 3.05) is 12.3 Å². The Morgan fingerprint density at radius 3 is 3.05 bits per heavy atom. The quantitative estimate of drug-likeness (QED) is 0.424. The minimum atomic E-state index is -0.279. The maximum atomic E-state index is 11.9. The van der Waals surface area contributed by atoms with Crippen molar-refractivity contribution in [3.63, 3.8) is 0 Å². The number of aryl methyl sites for hydroxylation is 1. The van der Waals surface area contributed by atoms with Crippen molar-refractivity contribution in [1.29, 1.82) is 0 Å². The molecular formula is C13H16N4O2. The molecule has 0 atom stereocenters. The summed E-state index contributed by atoms with van der Waals surface area (Å²) in [4.78, 5) is 15.8. The number of nitrogens with zero attached hydrogens (tertiary/aromatic N) is 2. The van der Waals surface area contributed by atoms with E-state index in [2.05, 4.69) is 10.3 Å². The first kappa shape index (κ1) is 12.9. The van der Waals surface area contributed by atoms with E-state index in [1.807, 2.05) is 10.8 Å². The molecule has 0 saturated carbocycles. The van der Waals surface area contributed by atoms with E-state index in [0.717, 1.165) is 13.0 Å². The molecule has 0 spiro atoms. The predicted octanol–water partition coefficient (Wildman–Crippen LogP) is 0.991. The minimum absolute atomic E-state index is 0.0257. The molecule has 1 amide bonds. The first-order chi connectivity index (χ1) is 9.16. The Bertz CT molecular complexity index is 552. The third kappa shape index (κ3) is 3.48. The molecule has 19 heavy (non-hydrogen) atoms. The molecule has 6 heteroatoms. The summed E-state index contributed by atoms with van der Waals surface area (Å²) in [5, 5.41) is 12.1. The fourth-order valence-corrected chi connectivity index (χ4v) is 1.72. The van der Waals surface area contributed by atoms with Crippen LogP contribution in [0.5, 0.6) is 5.75 Å². The van der Waals surface area contributed by atoms with E-state index in [9.17, 15) is 9.90 Å². The standard InChI is InChI=1S/C13H16N4O2/c14-12-3-2-10(18)8-11(12)13(19)16-4-1-6-17-7-5-15-9-17/h2-3,5,7-9,18H,1,4,6,14H2,(H,16,19). The molecule has 0 saturated heterocycles. The molecule has 2 rings (SSSR count). The molecule has 2 aromatic rings. The number of aromatic hydroxyl groups is 1. The van der Waals surface area contributed by atoms with Gasteiger partial charge in [0.05, 0.1) is 11.9 Å². The van der Waals surface area contributed by atoms with E-state index in [0.29, 0.717) is 17.8 Å². The van der Waals surface area contributed by atoms with Crippen molar-refractivity contribution in [2.45, 2.75) is 13.0 Å². The number of phenolic OH excluding ortho intramolecular Hbond substituents is 1. The highest BCUT2D eigenvalue weighted by Crippen LogP contribution is 2.18. The monoisotopic (exact) mass is 260 g/mol. The van der Waals surface area contributed by atoms with E-state index >= 15 is 0 Å². The summed E-state index contributed by atoms with van der Waals surface area (Å²) < 4.78 is 1.94. The van der Waals surface area contributed by atoms with E-state index in [-0.39, 0.29) is 11.7 Å². The summed E-state index contributed by atoms with van der Waals surface area (Å²) in [6.07, 6.45) is 6.11. The van der Waals surface area contributed by atoms with Gasteiger partial charge in [0.2, 0.25) is 0 Å². The number of imidazole rings is 1. The van der Waals surface area contributed by atoms with Gasteiger partial charge in [0.15, 0.2) is 0 Å². The van der Waals surface area contributed by atoms with Crippen molar-refractivity contribution in [1.82, 2.24) is 14.9 Å². The van der Waals surface area contributed by atoms with Gasteiger partial charge >= 0.3 is 0 Å². The topological polar surface area (TPSA) is 93.2 Å². The number of hydrogen-bond donors (Lipinski definition) is 3. The SMILES string of the molecule is Nc1ccc(O)cc1C(=O)NCCCn1ccnc1. The Labute approximate surface area is 110 Å². The van der Waals surface area contributed by atoms with Crippen LogP contribution in [0.15, 0.2) is 36.9 Å². The van der Waals surface area contributed by atoms with Gasteiger partial charge in [0.25, 0.3) is 5.91 Å². The second kappa shape index (κ2) is 5.90. The van der Waals surface area contributed by atoms with Crippen molar-refractivity contribution < 1.29 is 9.90 Å². The second-order valence-corrected chi connectivity index (χ2v) is 4.18. The fourth-order valence-electron chi connectivity index (χ4n) is 1.72. The summed E-state index contributed by atoms with van der Waals surface area (Å²) in [6.45, 7) is 1.32. The van der Waals surface area contributed by atoms with Crippen LogP contribution >= 0.6 is 0 Å². The third-order valence-corrected chi connectivity index (χ3v) is 2.72. The van der Waals surface area contributed by atoms with E-state index in [4.69, 9.17) is 5.73 Å². The molecule has 4 N–H and O–H groups in total. The zero-order chi connectivity index (χ0) is 13.7. The molecule has 0 aliphatic rings. The maximum absolute atomic E-state index is 11.9. The van der Waals surface area contributed by atoms with Gasteiger partial charge in [-0.3, -0.25) is 4.79 Å². The van der Waals surface area contributed by atoms with Gasteiger partial charge in [-0.15, -0.1) is 0 Å². The average molecular weight is 260 g/mol. The number of nitrogens with two attached hydrogens (primary N) is 1. The molecule has 100 valence electrons. The number of benzene rings is 1. The molecule has 0 aliphatic heterocycles. The molecular weight excluding hydrogens is 244 g/mol. The molecule has 0 bridgehead atoms. The van der Waals surface area contributed by atoms with Crippen LogP contribution in [-0.2, 0) is 6.54 Å². The van der Waals surface area contributed by atoms with Crippen molar-refractivity contribution in [3.8, 4) is 5.75 Å². The Morgan fingerprint density at radius 1 is 1.47 bits per heavy atom. The lowest BCUT2D eigenvalue weighted by Crippen LogP contribution is -2.26. The first-order valence-electron chi connectivity index (χ1n) is 5.99. The normalized spacial score (nSPS) is 10.3. The van der Waals surface area contributed by atoms with Crippen LogP contribution in [0.3, 0.4) is 0 Å². The third-order valence-electron chi connectivity index (χ3n) is 2.72. The van der Waals surface area contributed by atoms with Gasteiger partial charge in [-0.05, 0) is 24.6 Å². The van der Waals surface area contributed by atoms with Crippen molar-refractivity contribution in [2.24, 2.45) is 0 Å². The number of carbonyl (C=O) groups excluding carboxylic acids is 1. The number of phenols is 1. The molecule has 0 aliphatic carbocycles. The lowest BCUT2D eigenvalue weighted by molar-refractivity contribution is 0.0953. The van der Waals surface area contributed by atoms with E-state index in [1.54, 1.807) is 12.5 Å². The zero-order valence-corrected chi connectivity index (χ0v) is 10.4. The van der Waals surface area contributed by atoms with E-state index < -0.39 is 0 Å². The second-order valence-electron chi connectivity index (χ2n) is 4.18. The molecule has 0 fully saturated rings. The molecule has 0 unspecified atom stereocenters. The van der Waals surface area contributed by atoms with Crippen LogP contribution in [-0.4, -0.2) is 27.1 Å². The Hall–Kier alpha value is -2.50. The van der Waals surface area contributed by atoms with E-state index in [1.165, 1.54) is 18.2 Å². The van der Waals surface area contributed by atoms with Gasteiger partial charge in [0, 0.05) is 31.2 Å². The van der Waals surface area contributed by atoms with Crippen LogP contribution in [0.1, 0.15) is 16.8 Å². The Kier molecular flexibility index (Phi) is 4.02. The summed E-state index contributed by atoms with van der Waals surface area (Å²) >= 11 is 0. The van der Waals surface area contributed by atoms with Crippen molar-refractivity contribution >= 4 is 11.6 Å².